The van der Waals surface area contributed by atoms with Crippen LogP contribution in [0.3, 0.4) is 0 Å². The fourth-order valence-electron chi connectivity index (χ4n) is 2.24. The van der Waals surface area contributed by atoms with Gasteiger partial charge in [0.1, 0.15) is 5.82 Å². The molecule has 21 heavy (non-hydrogen) atoms. The van der Waals surface area contributed by atoms with Crippen molar-refractivity contribution in [3.8, 4) is 0 Å². The van der Waals surface area contributed by atoms with E-state index in [2.05, 4.69) is 22.9 Å². The zero-order valence-corrected chi connectivity index (χ0v) is 13.0. The Bertz CT molecular complexity index is 665. The van der Waals surface area contributed by atoms with Crippen molar-refractivity contribution in [3.63, 3.8) is 0 Å². The quantitative estimate of drug-likeness (QED) is 0.831. The largest absolute Gasteiger partial charge is 0.364 e. The van der Waals surface area contributed by atoms with E-state index in [-0.39, 0.29) is 11.9 Å². The van der Waals surface area contributed by atoms with Crippen LogP contribution in [0.1, 0.15) is 16.5 Å². The van der Waals surface area contributed by atoms with Gasteiger partial charge in [0.15, 0.2) is 5.11 Å². The lowest BCUT2D eigenvalue weighted by Gasteiger charge is -2.27. The number of thiocarbonyl (C=S) groups is 1. The standard InChI is InChI=1S/C15H14FN3S2/c1-17-15(20)19-13(10-4-6-11(16)7-5-10)9-12(18-19)14-3-2-8-21-14/h2-9,13,18H,1H3,(H,17,20). The van der Waals surface area contributed by atoms with E-state index in [9.17, 15) is 4.39 Å². The monoisotopic (exact) mass is 319 g/mol. The molecule has 1 aliphatic rings. The van der Waals surface area contributed by atoms with Crippen LogP contribution in [0, 0.1) is 5.82 Å². The van der Waals surface area contributed by atoms with Crippen molar-refractivity contribution >= 4 is 34.4 Å². The molecule has 0 radical (unpaired) electrons. The van der Waals surface area contributed by atoms with Crippen LogP contribution in [0.25, 0.3) is 5.70 Å². The Morgan fingerprint density at radius 1 is 1.33 bits per heavy atom. The summed E-state index contributed by atoms with van der Waals surface area (Å²) in [4.78, 5) is 1.14. The summed E-state index contributed by atoms with van der Waals surface area (Å²) in [5.74, 6) is -0.241. The maximum absolute atomic E-state index is 13.1. The lowest BCUT2D eigenvalue weighted by Crippen LogP contribution is -2.44. The van der Waals surface area contributed by atoms with Crippen LogP contribution in [0.5, 0.6) is 0 Å². The number of benzene rings is 1. The summed E-state index contributed by atoms with van der Waals surface area (Å²) in [5, 5.41) is 7.47. The molecule has 0 aliphatic carbocycles. The predicted octanol–water partition coefficient (Wildman–Crippen LogP) is 3.29. The highest BCUT2D eigenvalue weighted by molar-refractivity contribution is 7.80. The molecule has 2 heterocycles. The number of nitrogens with one attached hydrogen (secondary N) is 2. The normalized spacial score (nSPS) is 17.3. The molecule has 1 atom stereocenters. The fourth-order valence-corrected chi connectivity index (χ4v) is 3.10. The minimum atomic E-state index is -0.241. The van der Waals surface area contributed by atoms with Crippen LogP contribution in [0.4, 0.5) is 4.39 Å². The number of hydrazine groups is 1. The Morgan fingerprint density at radius 2 is 2.10 bits per heavy atom. The highest BCUT2D eigenvalue weighted by Crippen LogP contribution is 2.32. The zero-order chi connectivity index (χ0) is 14.8. The lowest BCUT2D eigenvalue weighted by atomic mass is 10.1. The lowest BCUT2D eigenvalue weighted by molar-refractivity contribution is 0.339. The molecule has 6 heteroatoms. The van der Waals surface area contributed by atoms with Gasteiger partial charge in [-0.05, 0) is 47.4 Å². The first-order chi connectivity index (χ1) is 10.2. The first-order valence-corrected chi connectivity index (χ1v) is 7.76. The van der Waals surface area contributed by atoms with Gasteiger partial charge in [0.05, 0.1) is 16.6 Å². The summed E-state index contributed by atoms with van der Waals surface area (Å²) in [6, 6.07) is 10.5. The van der Waals surface area contributed by atoms with Crippen molar-refractivity contribution in [1.29, 1.82) is 0 Å². The van der Waals surface area contributed by atoms with Crippen molar-refractivity contribution in [2.45, 2.75) is 6.04 Å². The predicted molar refractivity (Wildman–Crippen MR) is 88.1 cm³/mol. The highest BCUT2D eigenvalue weighted by atomic mass is 32.1. The molecule has 1 aromatic carbocycles. The Hall–Kier alpha value is -1.92. The van der Waals surface area contributed by atoms with Crippen molar-refractivity contribution < 1.29 is 4.39 Å². The Kier molecular flexibility index (Phi) is 3.90. The van der Waals surface area contributed by atoms with Gasteiger partial charge in [0, 0.05) is 7.05 Å². The van der Waals surface area contributed by atoms with Crippen LogP contribution < -0.4 is 10.7 Å². The van der Waals surface area contributed by atoms with E-state index in [4.69, 9.17) is 12.2 Å². The van der Waals surface area contributed by atoms with Crippen molar-refractivity contribution in [2.75, 3.05) is 7.05 Å². The second-order valence-electron chi connectivity index (χ2n) is 4.59. The molecule has 3 nitrogen and oxygen atoms in total. The molecule has 0 spiro atoms. The van der Waals surface area contributed by atoms with Crippen molar-refractivity contribution in [1.82, 2.24) is 15.8 Å². The minimum absolute atomic E-state index is 0.0670. The Balaban J connectivity index is 1.96. The summed E-state index contributed by atoms with van der Waals surface area (Å²) in [6.45, 7) is 0. The molecule has 0 amide bonds. The van der Waals surface area contributed by atoms with Gasteiger partial charge in [-0.2, -0.15) is 0 Å². The minimum Gasteiger partial charge on any atom is -0.364 e. The third kappa shape index (κ3) is 2.77. The third-order valence-corrected chi connectivity index (χ3v) is 4.58. The first kappa shape index (κ1) is 14.0. The van der Waals surface area contributed by atoms with E-state index in [1.807, 2.05) is 16.5 Å². The molecule has 0 saturated heterocycles. The molecule has 0 fully saturated rings. The SMILES string of the molecule is CNC(=S)N1NC(c2cccs2)=CC1c1ccc(F)cc1. The van der Waals surface area contributed by atoms with Gasteiger partial charge in [0.25, 0.3) is 0 Å². The van der Waals surface area contributed by atoms with Crippen LogP contribution in [0.2, 0.25) is 0 Å². The highest BCUT2D eigenvalue weighted by Gasteiger charge is 2.28. The van der Waals surface area contributed by atoms with E-state index in [0.717, 1.165) is 16.1 Å². The van der Waals surface area contributed by atoms with E-state index in [1.54, 1.807) is 30.5 Å². The second kappa shape index (κ2) is 5.83. The maximum Gasteiger partial charge on any atom is 0.188 e. The molecule has 3 rings (SSSR count). The number of rotatable bonds is 2. The molecule has 2 N–H and O–H groups in total. The van der Waals surface area contributed by atoms with Gasteiger partial charge < -0.3 is 5.32 Å². The smallest absolute Gasteiger partial charge is 0.188 e. The van der Waals surface area contributed by atoms with E-state index in [1.165, 1.54) is 12.1 Å². The first-order valence-electron chi connectivity index (χ1n) is 6.48. The molecule has 2 aromatic rings. The van der Waals surface area contributed by atoms with E-state index >= 15 is 0 Å². The number of hydrogen-bond acceptors (Lipinski definition) is 3. The van der Waals surface area contributed by atoms with Gasteiger partial charge in [-0.25, -0.2) is 4.39 Å². The summed E-state index contributed by atoms with van der Waals surface area (Å²) in [5.41, 5.74) is 5.31. The molecule has 1 unspecified atom stereocenters. The molecule has 0 saturated carbocycles. The van der Waals surface area contributed by atoms with Gasteiger partial charge in [-0.15, -0.1) is 11.3 Å². The molecule has 1 aromatic heterocycles. The number of thiophene rings is 1. The average Bonchev–Trinajstić information content (AvgIpc) is 3.16. The van der Waals surface area contributed by atoms with Crippen molar-refractivity contribution in [2.24, 2.45) is 0 Å². The summed E-state index contributed by atoms with van der Waals surface area (Å²) >= 11 is 7.01. The topological polar surface area (TPSA) is 27.3 Å². The van der Waals surface area contributed by atoms with Crippen LogP contribution in [-0.2, 0) is 0 Å². The number of hydrogen-bond donors (Lipinski definition) is 2. The molecule has 108 valence electrons. The van der Waals surface area contributed by atoms with E-state index in [0.29, 0.717) is 5.11 Å². The third-order valence-electron chi connectivity index (χ3n) is 3.27. The average molecular weight is 319 g/mol. The summed E-state index contributed by atoms with van der Waals surface area (Å²) < 4.78 is 13.1. The summed E-state index contributed by atoms with van der Waals surface area (Å²) in [6.07, 6.45) is 2.10. The van der Waals surface area contributed by atoms with Gasteiger partial charge >= 0.3 is 0 Å². The zero-order valence-electron chi connectivity index (χ0n) is 11.3. The molecular formula is C15H14FN3S2. The molecule has 1 aliphatic heterocycles. The Labute approximate surface area is 132 Å². The van der Waals surface area contributed by atoms with Crippen LogP contribution >= 0.6 is 23.6 Å². The van der Waals surface area contributed by atoms with Gasteiger partial charge in [-0.1, -0.05) is 18.2 Å². The van der Waals surface area contributed by atoms with Crippen molar-refractivity contribution in [3.05, 3.63) is 64.1 Å². The fraction of sp³-hybridized carbons (Fsp3) is 0.133. The second-order valence-corrected chi connectivity index (χ2v) is 5.93. The molecule has 0 bridgehead atoms. The number of halogens is 1. The van der Waals surface area contributed by atoms with Crippen LogP contribution in [-0.4, -0.2) is 17.2 Å². The van der Waals surface area contributed by atoms with Crippen LogP contribution in [0.15, 0.2) is 47.9 Å². The van der Waals surface area contributed by atoms with Gasteiger partial charge in [0.2, 0.25) is 0 Å². The molecular weight excluding hydrogens is 305 g/mol. The Morgan fingerprint density at radius 3 is 2.71 bits per heavy atom. The maximum atomic E-state index is 13.1. The summed E-state index contributed by atoms with van der Waals surface area (Å²) in [7, 11) is 1.79. The van der Waals surface area contributed by atoms with Gasteiger partial charge in [-0.3, -0.25) is 10.4 Å². The number of nitrogens with zero attached hydrogens (tertiary/aromatic N) is 1. The van der Waals surface area contributed by atoms with E-state index < -0.39 is 0 Å².